The summed E-state index contributed by atoms with van der Waals surface area (Å²) in [6, 6.07) is 12.7. The second-order valence-corrected chi connectivity index (χ2v) is 6.13. The van der Waals surface area contributed by atoms with Crippen LogP contribution in [0.15, 0.2) is 48.7 Å². The maximum atomic E-state index is 12.6. The molecule has 3 aromatic rings. The Kier molecular flexibility index (Phi) is 4.63. The van der Waals surface area contributed by atoms with Gasteiger partial charge in [0.05, 0.1) is 18.2 Å². The van der Waals surface area contributed by atoms with E-state index in [0.29, 0.717) is 33.8 Å². The van der Waals surface area contributed by atoms with Crippen LogP contribution in [0.4, 0.5) is 5.69 Å². The zero-order chi connectivity index (χ0) is 18.8. The number of benzene rings is 2. The van der Waals surface area contributed by atoms with E-state index in [2.05, 4.69) is 0 Å². The van der Waals surface area contributed by atoms with Gasteiger partial charge in [-0.05, 0) is 31.0 Å². The first-order chi connectivity index (χ1) is 12.5. The number of ether oxygens (including phenoxy) is 1. The zero-order valence-corrected chi connectivity index (χ0v) is 14.9. The molecule has 26 heavy (non-hydrogen) atoms. The largest absolute Gasteiger partial charge is 0.618 e. The van der Waals surface area contributed by atoms with E-state index >= 15 is 0 Å². The number of hydrogen-bond acceptors (Lipinski definition) is 4. The topological polar surface area (TPSA) is 79.3 Å². The number of aldehydes is 1. The molecule has 0 bridgehead atoms. The molecular weight excluding hydrogens is 328 g/mol. The van der Waals surface area contributed by atoms with Crippen molar-refractivity contribution in [3.63, 3.8) is 0 Å². The van der Waals surface area contributed by atoms with Crippen LogP contribution in [0.25, 0.3) is 22.4 Å². The smallest absolute Gasteiger partial charge is 0.248 e. The Labute approximate surface area is 152 Å². The Balaban J connectivity index is 2.33. The molecule has 0 spiro atoms. The van der Waals surface area contributed by atoms with Crippen molar-refractivity contribution in [2.75, 3.05) is 12.8 Å². The number of hydrogen-bond donors (Lipinski definition) is 1. The minimum atomic E-state index is 0.348. The van der Waals surface area contributed by atoms with Crippen LogP contribution in [0.1, 0.15) is 21.5 Å². The molecule has 1 heterocycles. The molecule has 0 aliphatic heterocycles. The fourth-order valence-corrected chi connectivity index (χ4v) is 3.31. The van der Waals surface area contributed by atoms with Crippen molar-refractivity contribution >= 4 is 12.0 Å². The van der Waals surface area contributed by atoms with Gasteiger partial charge in [-0.3, -0.25) is 4.79 Å². The molecule has 0 unspecified atom stereocenters. The molecule has 132 valence electrons. The van der Waals surface area contributed by atoms with Gasteiger partial charge in [-0.1, -0.05) is 30.3 Å². The number of carbonyl (C=O) groups is 1. The van der Waals surface area contributed by atoms with Crippen molar-refractivity contribution in [1.29, 1.82) is 0 Å². The summed E-state index contributed by atoms with van der Waals surface area (Å²) in [6.45, 7) is 3.89. The van der Waals surface area contributed by atoms with Gasteiger partial charge in [0.2, 0.25) is 5.69 Å². The summed E-state index contributed by atoms with van der Waals surface area (Å²) in [5.74, 6) is 0.435. The first-order valence-electron chi connectivity index (χ1n) is 8.20. The van der Waals surface area contributed by atoms with E-state index in [9.17, 15) is 10.0 Å². The van der Waals surface area contributed by atoms with Crippen LogP contribution in [0, 0.1) is 19.1 Å². The molecule has 0 aliphatic rings. The van der Waals surface area contributed by atoms with Crippen molar-refractivity contribution in [3.05, 3.63) is 70.6 Å². The second kappa shape index (κ2) is 6.88. The van der Waals surface area contributed by atoms with Gasteiger partial charge >= 0.3 is 0 Å². The number of para-hydroxylation sites is 1. The summed E-state index contributed by atoms with van der Waals surface area (Å²) in [4.78, 5) is 11.3. The molecule has 0 atom stereocenters. The van der Waals surface area contributed by atoms with Crippen molar-refractivity contribution in [2.45, 2.75) is 13.8 Å². The average Bonchev–Trinajstić information content (AvgIpc) is 2.63. The zero-order valence-electron chi connectivity index (χ0n) is 14.9. The minimum absolute atomic E-state index is 0.348. The van der Waals surface area contributed by atoms with E-state index in [-0.39, 0.29) is 0 Å². The molecule has 2 N–H and O–H groups in total. The number of nitrogens with two attached hydrogens (primary N) is 1. The molecule has 0 aliphatic carbocycles. The van der Waals surface area contributed by atoms with E-state index in [1.807, 2.05) is 38.1 Å². The monoisotopic (exact) mass is 348 g/mol. The van der Waals surface area contributed by atoms with Crippen LogP contribution in [0.5, 0.6) is 5.75 Å². The standard InChI is InChI=1S/C21H20N2O3/c1-13-6-4-7-14(2)18(13)20-19(22)16(10-11-23(20)25)17-9-5-8-15(12-24)21(17)26-3/h4-12H,22H2,1-3H3. The SMILES string of the molecule is COc1c(C=O)cccc1-c1cc[n+]([O-])c(-c2c(C)cccc2C)c1N. The average molecular weight is 348 g/mol. The van der Waals surface area contributed by atoms with E-state index < -0.39 is 0 Å². The number of rotatable bonds is 4. The minimum Gasteiger partial charge on any atom is -0.618 e. The predicted octanol–water partition coefficient (Wildman–Crippen LogP) is 3.67. The Morgan fingerprint density at radius 1 is 1.04 bits per heavy atom. The third kappa shape index (κ3) is 2.77. The van der Waals surface area contributed by atoms with Gasteiger partial charge in [0.25, 0.3) is 0 Å². The Hall–Kier alpha value is -3.34. The lowest BCUT2D eigenvalue weighted by molar-refractivity contribution is -0.592. The summed E-state index contributed by atoms with van der Waals surface area (Å²) in [5, 5.41) is 12.6. The van der Waals surface area contributed by atoms with Crippen LogP contribution in [-0.2, 0) is 0 Å². The Bertz CT molecular complexity index is 977. The van der Waals surface area contributed by atoms with Gasteiger partial charge in [-0.25, -0.2) is 0 Å². The van der Waals surface area contributed by atoms with Crippen LogP contribution >= 0.6 is 0 Å². The second-order valence-electron chi connectivity index (χ2n) is 6.13. The highest BCUT2D eigenvalue weighted by molar-refractivity contribution is 5.92. The molecule has 1 aromatic heterocycles. The summed E-state index contributed by atoms with van der Waals surface area (Å²) in [5.41, 5.74) is 11.7. The van der Waals surface area contributed by atoms with E-state index in [4.69, 9.17) is 10.5 Å². The molecule has 0 fully saturated rings. The summed E-state index contributed by atoms with van der Waals surface area (Å²) in [6.07, 6.45) is 2.17. The fourth-order valence-electron chi connectivity index (χ4n) is 3.31. The molecule has 0 saturated heterocycles. The van der Waals surface area contributed by atoms with E-state index in [1.54, 1.807) is 18.2 Å². The predicted molar refractivity (Wildman–Crippen MR) is 102 cm³/mol. The number of carbonyl (C=O) groups excluding carboxylic acids is 1. The van der Waals surface area contributed by atoms with Gasteiger partial charge < -0.3 is 15.7 Å². The van der Waals surface area contributed by atoms with Crippen LogP contribution in [0.3, 0.4) is 0 Å². The molecule has 0 saturated carbocycles. The Morgan fingerprint density at radius 3 is 2.31 bits per heavy atom. The van der Waals surface area contributed by atoms with Crippen LogP contribution < -0.4 is 15.2 Å². The van der Waals surface area contributed by atoms with Gasteiger partial charge in [0.15, 0.2) is 12.5 Å². The summed E-state index contributed by atoms with van der Waals surface area (Å²) in [7, 11) is 1.51. The van der Waals surface area contributed by atoms with Crippen LogP contribution in [-0.4, -0.2) is 13.4 Å². The van der Waals surface area contributed by atoms with E-state index in [1.165, 1.54) is 13.3 Å². The molecule has 0 amide bonds. The lowest BCUT2D eigenvalue weighted by Crippen LogP contribution is -2.30. The third-order valence-corrected chi connectivity index (χ3v) is 4.53. The van der Waals surface area contributed by atoms with Gasteiger partial charge in [-0.2, -0.15) is 4.73 Å². The Morgan fingerprint density at radius 2 is 1.69 bits per heavy atom. The molecule has 5 nitrogen and oxygen atoms in total. The normalized spacial score (nSPS) is 10.6. The van der Waals surface area contributed by atoms with E-state index in [0.717, 1.165) is 27.7 Å². The third-order valence-electron chi connectivity index (χ3n) is 4.53. The lowest BCUT2D eigenvalue weighted by Gasteiger charge is -2.16. The summed E-state index contributed by atoms with van der Waals surface area (Å²) >= 11 is 0. The molecule has 3 rings (SSSR count). The highest BCUT2D eigenvalue weighted by atomic mass is 16.5. The maximum absolute atomic E-state index is 12.6. The fraction of sp³-hybridized carbons (Fsp3) is 0.143. The number of anilines is 1. The highest BCUT2D eigenvalue weighted by Crippen LogP contribution is 2.39. The van der Waals surface area contributed by atoms with Crippen molar-refractivity contribution in [1.82, 2.24) is 0 Å². The van der Waals surface area contributed by atoms with Crippen molar-refractivity contribution in [3.8, 4) is 28.1 Å². The number of nitrogen functional groups attached to an aromatic ring is 1. The lowest BCUT2D eigenvalue weighted by atomic mass is 9.94. The molecule has 2 aromatic carbocycles. The maximum Gasteiger partial charge on any atom is 0.248 e. The van der Waals surface area contributed by atoms with Crippen LogP contribution in [0.2, 0.25) is 0 Å². The van der Waals surface area contributed by atoms with Gasteiger partial charge in [0.1, 0.15) is 11.4 Å². The quantitative estimate of drug-likeness (QED) is 0.443. The first-order valence-corrected chi connectivity index (χ1v) is 8.20. The molecule has 5 heteroatoms. The van der Waals surface area contributed by atoms with Crippen molar-refractivity contribution in [2.24, 2.45) is 0 Å². The number of nitrogens with zero attached hydrogens (tertiary/aromatic N) is 1. The number of aryl methyl sites for hydroxylation is 2. The molecular formula is C21H20N2O3. The van der Waals surface area contributed by atoms with Crippen molar-refractivity contribution < 1.29 is 14.3 Å². The highest BCUT2D eigenvalue weighted by Gasteiger charge is 2.23. The number of aromatic nitrogens is 1. The number of pyridine rings is 1. The number of methoxy groups -OCH3 is 1. The van der Waals surface area contributed by atoms with Gasteiger partial charge in [0, 0.05) is 17.2 Å². The van der Waals surface area contributed by atoms with Gasteiger partial charge in [-0.15, -0.1) is 0 Å². The summed E-state index contributed by atoms with van der Waals surface area (Å²) < 4.78 is 6.21. The first kappa shape index (κ1) is 17.5. The molecule has 0 radical (unpaired) electrons.